The van der Waals surface area contributed by atoms with Crippen LogP contribution in [0, 0.1) is 42.1 Å². The monoisotopic (exact) mass is 324 g/mol. The maximum atomic E-state index is 14.2. The van der Waals surface area contributed by atoms with E-state index in [1.54, 1.807) is 0 Å². The van der Waals surface area contributed by atoms with Gasteiger partial charge in [-0.15, -0.1) is 0 Å². The highest BCUT2D eigenvalue weighted by molar-refractivity contribution is 5.30. The molecule has 0 atom stereocenters. The lowest BCUT2D eigenvalue weighted by molar-refractivity contribution is 0.164. The summed E-state index contributed by atoms with van der Waals surface area (Å²) >= 11 is 0. The van der Waals surface area contributed by atoms with E-state index in [9.17, 15) is 13.2 Å². The zero-order chi connectivity index (χ0) is 16.6. The SMILES string of the molecule is Cc1c(F)cc(C2CCC(C3CCC(C)CC3)CC2)c(F)c1F. The van der Waals surface area contributed by atoms with E-state index in [4.69, 9.17) is 0 Å². The Labute approximate surface area is 137 Å². The molecule has 2 saturated carbocycles. The summed E-state index contributed by atoms with van der Waals surface area (Å²) in [6, 6.07) is 1.22. The van der Waals surface area contributed by atoms with Crippen molar-refractivity contribution in [2.75, 3.05) is 0 Å². The average Bonchev–Trinajstić information content (AvgIpc) is 2.57. The third-order valence-corrected chi connectivity index (χ3v) is 6.35. The lowest BCUT2D eigenvalue weighted by Crippen LogP contribution is -2.25. The van der Waals surface area contributed by atoms with Crippen LogP contribution in [0.25, 0.3) is 0 Å². The molecule has 0 aliphatic heterocycles. The minimum Gasteiger partial charge on any atom is -0.207 e. The molecule has 3 heteroatoms. The van der Waals surface area contributed by atoms with E-state index in [0.29, 0.717) is 0 Å². The van der Waals surface area contributed by atoms with Crippen LogP contribution in [0.2, 0.25) is 0 Å². The topological polar surface area (TPSA) is 0 Å². The summed E-state index contributed by atoms with van der Waals surface area (Å²) in [5, 5.41) is 0. The highest BCUT2D eigenvalue weighted by Crippen LogP contribution is 2.44. The Kier molecular flexibility index (Phi) is 5.03. The third-order valence-electron chi connectivity index (χ3n) is 6.35. The number of benzene rings is 1. The van der Waals surface area contributed by atoms with Gasteiger partial charge in [0.2, 0.25) is 0 Å². The molecule has 2 aliphatic rings. The predicted molar refractivity (Wildman–Crippen MR) is 86.9 cm³/mol. The molecule has 0 bridgehead atoms. The molecule has 0 amide bonds. The van der Waals surface area contributed by atoms with Gasteiger partial charge in [0.05, 0.1) is 0 Å². The number of rotatable bonds is 2. The van der Waals surface area contributed by atoms with Crippen molar-refractivity contribution < 1.29 is 13.2 Å². The van der Waals surface area contributed by atoms with Crippen molar-refractivity contribution in [1.82, 2.24) is 0 Å². The number of halogens is 3. The summed E-state index contributed by atoms with van der Waals surface area (Å²) in [5.74, 6) is -0.108. The van der Waals surface area contributed by atoms with Crippen LogP contribution in [-0.4, -0.2) is 0 Å². The fourth-order valence-corrected chi connectivity index (χ4v) is 4.66. The van der Waals surface area contributed by atoms with E-state index < -0.39 is 17.5 Å². The van der Waals surface area contributed by atoms with Crippen LogP contribution in [0.1, 0.15) is 75.3 Å². The van der Waals surface area contributed by atoms with Crippen molar-refractivity contribution in [3.05, 3.63) is 34.6 Å². The Bertz CT molecular complexity index is 550. The first-order valence-electron chi connectivity index (χ1n) is 9.11. The molecule has 2 fully saturated rings. The van der Waals surface area contributed by atoms with Crippen LogP contribution < -0.4 is 0 Å². The summed E-state index contributed by atoms with van der Waals surface area (Å²) in [4.78, 5) is 0. The van der Waals surface area contributed by atoms with Gasteiger partial charge in [-0.1, -0.05) is 19.8 Å². The molecule has 0 aromatic heterocycles. The van der Waals surface area contributed by atoms with Crippen LogP contribution >= 0.6 is 0 Å². The van der Waals surface area contributed by atoms with Gasteiger partial charge >= 0.3 is 0 Å². The first kappa shape index (κ1) is 16.9. The summed E-state index contributed by atoms with van der Waals surface area (Å²) < 4.78 is 41.7. The fraction of sp³-hybridized carbons (Fsp3) is 0.700. The Morgan fingerprint density at radius 2 is 1.30 bits per heavy atom. The lowest BCUT2D eigenvalue weighted by Gasteiger charge is -2.37. The Hall–Kier alpha value is -0.990. The van der Waals surface area contributed by atoms with Crippen molar-refractivity contribution in [2.24, 2.45) is 17.8 Å². The fourth-order valence-electron chi connectivity index (χ4n) is 4.66. The Morgan fingerprint density at radius 1 is 0.783 bits per heavy atom. The number of hydrogen-bond acceptors (Lipinski definition) is 0. The molecule has 0 spiro atoms. The molecule has 0 heterocycles. The van der Waals surface area contributed by atoms with Crippen LogP contribution in [0.5, 0.6) is 0 Å². The molecule has 1 aromatic rings. The molecule has 0 unspecified atom stereocenters. The van der Waals surface area contributed by atoms with Crippen LogP contribution in [0.15, 0.2) is 6.07 Å². The molecular weight excluding hydrogens is 297 g/mol. The van der Waals surface area contributed by atoms with Gasteiger partial charge in [0.1, 0.15) is 5.82 Å². The molecule has 23 heavy (non-hydrogen) atoms. The van der Waals surface area contributed by atoms with E-state index in [0.717, 1.165) is 43.4 Å². The molecule has 0 nitrogen and oxygen atoms in total. The smallest absolute Gasteiger partial charge is 0.164 e. The molecule has 2 aliphatic carbocycles. The van der Waals surface area contributed by atoms with Crippen LogP contribution in [0.4, 0.5) is 13.2 Å². The highest BCUT2D eigenvalue weighted by atomic mass is 19.2. The van der Waals surface area contributed by atoms with Crippen LogP contribution in [0.3, 0.4) is 0 Å². The first-order valence-corrected chi connectivity index (χ1v) is 9.11. The van der Waals surface area contributed by atoms with Crippen molar-refractivity contribution in [2.45, 2.75) is 71.1 Å². The van der Waals surface area contributed by atoms with Crippen LogP contribution in [-0.2, 0) is 0 Å². The zero-order valence-electron chi connectivity index (χ0n) is 14.2. The van der Waals surface area contributed by atoms with Gasteiger partial charge in [0.25, 0.3) is 0 Å². The van der Waals surface area contributed by atoms with Crippen molar-refractivity contribution in [1.29, 1.82) is 0 Å². The van der Waals surface area contributed by atoms with E-state index in [1.807, 2.05) is 0 Å². The molecule has 3 rings (SSSR count). The summed E-state index contributed by atoms with van der Waals surface area (Å²) in [6.45, 7) is 3.62. The normalized spacial score (nSPS) is 32.0. The van der Waals surface area contributed by atoms with Crippen molar-refractivity contribution in [3.63, 3.8) is 0 Å². The van der Waals surface area contributed by atoms with E-state index in [-0.39, 0.29) is 17.0 Å². The predicted octanol–water partition coefficient (Wildman–Crippen LogP) is 6.51. The molecule has 128 valence electrons. The summed E-state index contributed by atoms with van der Waals surface area (Å²) in [6.07, 6.45) is 9.14. The molecule has 1 aromatic carbocycles. The van der Waals surface area contributed by atoms with Crippen molar-refractivity contribution in [3.8, 4) is 0 Å². The van der Waals surface area contributed by atoms with Gasteiger partial charge < -0.3 is 0 Å². The largest absolute Gasteiger partial charge is 0.207 e. The third kappa shape index (κ3) is 3.44. The Balaban J connectivity index is 1.65. The van der Waals surface area contributed by atoms with Crippen molar-refractivity contribution >= 4 is 0 Å². The van der Waals surface area contributed by atoms with Gasteiger partial charge in [-0.3, -0.25) is 0 Å². The van der Waals surface area contributed by atoms with Gasteiger partial charge in [-0.25, -0.2) is 13.2 Å². The summed E-state index contributed by atoms with van der Waals surface area (Å²) in [5.41, 5.74) is 0.0394. The second-order valence-corrected chi connectivity index (χ2v) is 7.83. The van der Waals surface area contributed by atoms with Gasteiger partial charge in [0, 0.05) is 5.56 Å². The maximum absolute atomic E-state index is 14.2. The van der Waals surface area contributed by atoms with Gasteiger partial charge in [-0.05, 0) is 80.8 Å². The maximum Gasteiger partial charge on any atom is 0.164 e. The lowest BCUT2D eigenvalue weighted by atomic mass is 9.68. The number of hydrogen-bond donors (Lipinski definition) is 0. The second kappa shape index (κ2) is 6.86. The highest BCUT2D eigenvalue weighted by Gasteiger charge is 2.32. The molecule has 0 radical (unpaired) electrons. The minimum atomic E-state index is -1.01. The summed E-state index contributed by atoms with van der Waals surface area (Å²) in [7, 11) is 0. The van der Waals surface area contributed by atoms with Gasteiger partial charge in [-0.2, -0.15) is 0 Å². The standard InChI is InChI=1S/C20H27F3/c1-12-3-5-14(6-4-12)15-7-9-16(10-8-15)17-11-18(21)13(2)19(22)20(17)23/h11-12,14-16H,3-10H2,1-2H3. The molecule has 0 N–H and O–H groups in total. The zero-order valence-corrected chi connectivity index (χ0v) is 14.2. The van der Waals surface area contributed by atoms with E-state index >= 15 is 0 Å². The Morgan fingerprint density at radius 3 is 1.87 bits per heavy atom. The van der Waals surface area contributed by atoms with E-state index in [1.165, 1.54) is 38.7 Å². The quantitative estimate of drug-likeness (QED) is 0.544. The minimum absolute atomic E-state index is 0.0293. The van der Waals surface area contributed by atoms with Gasteiger partial charge in [0.15, 0.2) is 11.6 Å². The molecular formula is C20H27F3. The first-order chi connectivity index (χ1) is 11.0. The average molecular weight is 324 g/mol. The second-order valence-electron chi connectivity index (χ2n) is 7.83. The van der Waals surface area contributed by atoms with E-state index in [2.05, 4.69) is 6.92 Å². The molecule has 0 saturated heterocycles.